The Hall–Kier alpha value is -2.55. The molecule has 0 spiro atoms. The number of nitrogen functional groups attached to an aromatic ring is 1. The van der Waals surface area contributed by atoms with Crippen LogP contribution in [0, 0.1) is 0 Å². The molecule has 0 aromatic carbocycles. The number of carbonyl (C=O) groups excluding carboxylic acids is 1. The highest BCUT2D eigenvalue weighted by Gasteiger charge is 2.07. The van der Waals surface area contributed by atoms with Crippen LogP contribution in [0.1, 0.15) is 10.5 Å². The fourth-order valence-electron chi connectivity index (χ4n) is 1.26. The summed E-state index contributed by atoms with van der Waals surface area (Å²) < 4.78 is 1.62. The number of nitrogens with zero attached hydrogens (tertiary/aromatic N) is 5. The van der Waals surface area contributed by atoms with Crippen LogP contribution in [0.25, 0.3) is 0 Å². The Morgan fingerprint density at radius 3 is 2.89 bits per heavy atom. The maximum atomic E-state index is 11.7. The van der Waals surface area contributed by atoms with Gasteiger partial charge in [0, 0.05) is 12.7 Å². The molecule has 2 aromatic rings. The largest absolute Gasteiger partial charge is 0.349 e. The van der Waals surface area contributed by atoms with Gasteiger partial charge in [0.05, 0.1) is 12.7 Å². The third kappa shape index (κ3) is 2.98. The summed E-state index contributed by atoms with van der Waals surface area (Å²) in [6.07, 6.45) is 3.29. The van der Waals surface area contributed by atoms with E-state index in [2.05, 4.69) is 31.3 Å². The minimum Gasteiger partial charge on any atom is -0.349 e. The molecule has 9 heteroatoms. The molecule has 2 heterocycles. The lowest BCUT2D eigenvalue weighted by Gasteiger charge is -2.04. The number of aromatic nitrogens is 5. The zero-order valence-electron chi connectivity index (χ0n) is 9.45. The van der Waals surface area contributed by atoms with Crippen molar-refractivity contribution >= 4 is 11.7 Å². The van der Waals surface area contributed by atoms with Crippen LogP contribution in [0.3, 0.4) is 0 Å². The summed E-state index contributed by atoms with van der Waals surface area (Å²) in [6, 6.07) is 3.10. The number of nitrogens with one attached hydrogen (secondary N) is 2. The highest BCUT2D eigenvalue weighted by Crippen LogP contribution is 1.99. The van der Waals surface area contributed by atoms with Crippen molar-refractivity contribution < 1.29 is 4.79 Å². The number of amides is 1. The van der Waals surface area contributed by atoms with Crippen molar-refractivity contribution in [3.8, 4) is 0 Å². The Bertz CT molecular complexity index is 494. The van der Waals surface area contributed by atoms with E-state index in [0.717, 1.165) is 0 Å². The summed E-state index contributed by atoms with van der Waals surface area (Å²) in [4.78, 5) is 11.7. The topological polar surface area (TPSA) is 124 Å². The van der Waals surface area contributed by atoms with Crippen molar-refractivity contribution in [2.24, 2.45) is 5.84 Å². The molecule has 18 heavy (non-hydrogen) atoms. The van der Waals surface area contributed by atoms with Gasteiger partial charge in [-0.25, -0.2) is 5.84 Å². The average Bonchev–Trinajstić information content (AvgIpc) is 2.92. The smallest absolute Gasteiger partial charge is 0.271 e. The molecular formula is C9H12N8O. The SMILES string of the molecule is NNc1ccc(C(=O)NCCn2ccnn2)nn1. The third-order valence-electron chi connectivity index (χ3n) is 2.14. The summed E-state index contributed by atoms with van der Waals surface area (Å²) in [5.74, 6) is 5.24. The molecule has 0 aliphatic carbocycles. The van der Waals surface area contributed by atoms with E-state index in [4.69, 9.17) is 5.84 Å². The highest BCUT2D eigenvalue weighted by atomic mass is 16.1. The standard InChI is InChI=1S/C9H12N8O/c10-13-8-2-1-7(14-15-8)9(18)11-3-5-17-6-4-12-16-17/h1-2,4,6H,3,5,10H2,(H,11,18)(H,13,15). The average molecular weight is 248 g/mol. The molecule has 2 aromatic heterocycles. The third-order valence-corrected chi connectivity index (χ3v) is 2.14. The number of rotatable bonds is 5. The second kappa shape index (κ2) is 5.68. The first kappa shape index (κ1) is 11.9. The van der Waals surface area contributed by atoms with Crippen LogP contribution in [-0.2, 0) is 6.54 Å². The van der Waals surface area contributed by atoms with Crippen molar-refractivity contribution in [3.63, 3.8) is 0 Å². The molecule has 0 saturated carbocycles. The Balaban J connectivity index is 1.83. The number of hydrogen-bond donors (Lipinski definition) is 3. The van der Waals surface area contributed by atoms with Crippen molar-refractivity contribution in [2.45, 2.75) is 6.54 Å². The van der Waals surface area contributed by atoms with Gasteiger partial charge in [-0.15, -0.1) is 15.3 Å². The molecule has 0 unspecified atom stereocenters. The van der Waals surface area contributed by atoms with Crippen LogP contribution in [0.5, 0.6) is 0 Å². The van der Waals surface area contributed by atoms with Crippen molar-refractivity contribution in [2.75, 3.05) is 12.0 Å². The number of hydrazine groups is 1. The van der Waals surface area contributed by atoms with Gasteiger partial charge >= 0.3 is 0 Å². The van der Waals surface area contributed by atoms with Crippen LogP contribution in [0.4, 0.5) is 5.82 Å². The molecule has 1 amide bonds. The minimum absolute atomic E-state index is 0.229. The first-order valence-electron chi connectivity index (χ1n) is 5.22. The maximum Gasteiger partial charge on any atom is 0.271 e. The van der Waals surface area contributed by atoms with Gasteiger partial charge in [-0.05, 0) is 12.1 Å². The second-order valence-electron chi connectivity index (χ2n) is 3.37. The molecule has 0 aliphatic rings. The first-order valence-corrected chi connectivity index (χ1v) is 5.22. The Morgan fingerprint density at radius 1 is 1.39 bits per heavy atom. The Morgan fingerprint density at radius 2 is 2.28 bits per heavy atom. The lowest BCUT2D eigenvalue weighted by molar-refractivity contribution is 0.0946. The zero-order valence-corrected chi connectivity index (χ0v) is 9.45. The van der Waals surface area contributed by atoms with Gasteiger partial charge < -0.3 is 10.7 Å². The predicted molar refractivity (Wildman–Crippen MR) is 62.2 cm³/mol. The summed E-state index contributed by atoms with van der Waals surface area (Å²) in [6.45, 7) is 0.975. The predicted octanol–water partition coefficient (Wildman–Crippen LogP) is -1.22. The lowest BCUT2D eigenvalue weighted by Crippen LogP contribution is -2.28. The maximum absolute atomic E-state index is 11.7. The van der Waals surface area contributed by atoms with Gasteiger partial charge in [0.15, 0.2) is 11.5 Å². The van der Waals surface area contributed by atoms with E-state index in [0.29, 0.717) is 18.9 Å². The zero-order chi connectivity index (χ0) is 12.8. The first-order chi connectivity index (χ1) is 8.79. The van der Waals surface area contributed by atoms with E-state index in [-0.39, 0.29) is 11.6 Å². The van der Waals surface area contributed by atoms with Crippen molar-refractivity contribution in [1.29, 1.82) is 0 Å². The van der Waals surface area contributed by atoms with Gasteiger partial charge in [-0.1, -0.05) is 5.21 Å². The number of nitrogens with two attached hydrogens (primary N) is 1. The molecule has 0 saturated heterocycles. The monoisotopic (exact) mass is 248 g/mol. The summed E-state index contributed by atoms with van der Waals surface area (Å²) in [5, 5.41) is 17.6. The van der Waals surface area contributed by atoms with E-state index >= 15 is 0 Å². The van der Waals surface area contributed by atoms with Crippen LogP contribution in [-0.4, -0.2) is 37.6 Å². The van der Waals surface area contributed by atoms with Crippen molar-refractivity contribution in [1.82, 2.24) is 30.5 Å². The summed E-state index contributed by atoms with van der Waals surface area (Å²) >= 11 is 0. The van der Waals surface area contributed by atoms with E-state index < -0.39 is 0 Å². The molecular weight excluding hydrogens is 236 g/mol. The molecule has 0 aliphatic heterocycles. The van der Waals surface area contributed by atoms with Crippen LogP contribution < -0.4 is 16.6 Å². The van der Waals surface area contributed by atoms with Gasteiger partial charge in [0.1, 0.15) is 0 Å². The molecule has 2 rings (SSSR count). The second-order valence-corrected chi connectivity index (χ2v) is 3.37. The molecule has 0 fully saturated rings. The van der Waals surface area contributed by atoms with E-state index in [9.17, 15) is 4.79 Å². The Labute approximate surface area is 102 Å². The number of hydrogen-bond acceptors (Lipinski definition) is 7. The molecule has 9 nitrogen and oxygen atoms in total. The minimum atomic E-state index is -0.300. The fraction of sp³-hybridized carbons (Fsp3) is 0.222. The van der Waals surface area contributed by atoms with Crippen LogP contribution >= 0.6 is 0 Å². The van der Waals surface area contributed by atoms with E-state index in [1.54, 1.807) is 23.1 Å². The van der Waals surface area contributed by atoms with Gasteiger partial charge in [0.25, 0.3) is 5.91 Å². The normalized spacial score (nSPS) is 10.1. The summed E-state index contributed by atoms with van der Waals surface area (Å²) in [5.41, 5.74) is 2.56. The van der Waals surface area contributed by atoms with E-state index in [1.807, 2.05) is 0 Å². The van der Waals surface area contributed by atoms with E-state index in [1.165, 1.54) is 6.07 Å². The fourth-order valence-corrected chi connectivity index (χ4v) is 1.26. The Kier molecular flexibility index (Phi) is 3.76. The molecule has 94 valence electrons. The lowest BCUT2D eigenvalue weighted by atomic mass is 10.3. The van der Waals surface area contributed by atoms with Gasteiger partial charge in [-0.3, -0.25) is 9.48 Å². The molecule has 0 atom stereocenters. The van der Waals surface area contributed by atoms with Crippen LogP contribution in [0.15, 0.2) is 24.5 Å². The quantitative estimate of drug-likeness (QED) is 0.447. The molecule has 0 radical (unpaired) electrons. The summed E-state index contributed by atoms with van der Waals surface area (Å²) in [7, 11) is 0. The number of anilines is 1. The van der Waals surface area contributed by atoms with Crippen LogP contribution in [0.2, 0.25) is 0 Å². The molecule has 0 bridgehead atoms. The van der Waals surface area contributed by atoms with Gasteiger partial charge in [-0.2, -0.15) is 0 Å². The van der Waals surface area contributed by atoms with Crippen molar-refractivity contribution in [3.05, 3.63) is 30.2 Å². The van der Waals surface area contributed by atoms with Gasteiger partial charge in [0.2, 0.25) is 0 Å². The highest BCUT2D eigenvalue weighted by molar-refractivity contribution is 5.92. The molecule has 4 N–H and O–H groups in total. The number of carbonyl (C=O) groups is 1.